The van der Waals surface area contributed by atoms with Crippen LogP contribution in [0.25, 0.3) is 0 Å². The number of ether oxygens (including phenoxy) is 1. The largest absolute Gasteiger partial charge is 0.455 e. The lowest BCUT2D eigenvalue weighted by Crippen LogP contribution is -2.22. The van der Waals surface area contributed by atoms with E-state index in [2.05, 4.69) is 6.92 Å². The first kappa shape index (κ1) is 12.9. The summed E-state index contributed by atoms with van der Waals surface area (Å²) in [6, 6.07) is 0. The van der Waals surface area contributed by atoms with Gasteiger partial charge in [0, 0.05) is 18.4 Å². The Kier molecular flexibility index (Phi) is 5.23. The van der Waals surface area contributed by atoms with Crippen LogP contribution < -0.4 is 0 Å². The van der Waals surface area contributed by atoms with Gasteiger partial charge in [0.2, 0.25) is 0 Å². The number of unbranched alkanes of at least 4 members (excludes halogenated alkanes) is 2. The predicted molar refractivity (Wildman–Crippen MR) is 62.0 cm³/mol. The van der Waals surface area contributed by atoms with E-state index in [4.69, 9.17) is 4.74 Å². The summed E-state index contributed by atoms with van der Waals surface area (Å²) in [5.41, 5.74) is 0. The summed E-state index contributed by atoms with van der Waals surface area (Å²) in [6.07, 6.45) is 7.93. The third-order valence-electron chi connectivity index (χ3n) is 2.87. The second-order valence-corrected chi connectivity index (χ2v) is 4.42. The summed E-state index contributed by atoms with van der Waals surface area (Å²) in [5.74, 6) is 0.0404. The predicted octanol–water partition coefficient (Wildman–Crippen LogP) is 2.64. The first-order chi connectivity index (χ1) is 7.63. The molecule has 0 bridgehead atoms. The zero-order valence-electron chi connectivity index (χ0n) is 10.1. The van der Waals surface area contributed by atoms with Crippen LogP contribution in [0.3, 0.4) is 0 Å². The first-order valence-corrected chi connectivity index (χ1v) is 6.01. The van der Waals surface area contributed by atoms with Crippen LogP contribution in [0.2, 0.25) is 0 Å². The third-order valence-corrected chi connectivity index (χ3v) is 2.87. The zero-order valence-corrected chi connectivity index (χ0v) is 10.1. The van der Waals surface area contributed by atoms with Gasteiger partial charge in [-0.25, -0.2) is 4.79 Å². The molecule has 3 nitrogen and oxygen atoms in total. The number of cyclic esters (lactones) is 1. The summed E-state index contributed by atoms with van der Waals surface area (Å²) in [7, 11) is 0. The average Bonchev–Trinajstić information content (AvgIpc) is 2.63. The molecule has 0 aliphatic carbocycles. The maximum Gasteiger partial charge on any atom is 0.331 e. The number of ketones is 1. The second kappa shape index (κ2) is 6.46. The van der Waals surface area contributed by atoms with Gasteiger partial charge in [0.25, 0.3) is 0 Å². The molecule has 0 spiro atoms. The Morgan fingerprint density at radius 3 is 2.75 bits per heavy atom. The molecule has 0 saturated heterocycles. The van der Waals surface area contributed by atoms with Crippen LogP contribution in [-0.2, 0) is 14.3 Å². The van der Waals surface area contributed by atoms with E-state index in [1.807, 2.05) is 0 Å². The first-order valence-electron chi connectivity index (χ1n) is 6.01. The molecule has 2 atom stereocenters. The molecule has 0 saturated carbocycles. The van der Waals surface area contributed by atoms with Crippen molar-refractivity contribution in [2.45, 2.75) is 52.1 Å². The topological polar surface area (TPSA) is 43.4 Å². The fourth-order valence-corrected chi connectivity index (χ4v) is 2.05. The van der Waals surface area contributed by atoms with Gasteiger partial charge < -0.3 is 9.53 Å². The fourth-order valence-electron chi connectivity index (χ4n) is 2.05. The van der Waals surface area contributed by atoms with Crippen molar-refractivity contribution in [1.82, 2.24) is 0 Å². The molecule has 0 aromatic rings. The van der Waals surface area contributed by atoms with Crippen molar-refractivity contribution >= 4 is 11.8 Å². The summed E-state index contributed by atoms with van der Waals surface area (Å²) < 4.78 is 5.15. The number of hydrogen-bond donors (Lipinski definition) is 0. The highest BCUT2D eigenvalue weighted by molar-refractivity contribution is 5.84. The summed E-state index contributed by atoms with van der Waals surface area (Å²) in [5, 5.41) is 0. The minimum absolute atomic E-state index is 0.159. The molecule has 0 N–H and O–H groups in total. The molecule has 1 rings (SSSR count). The Morgan fingerprint density at radius 1 is 1.50 bits per heavy atom. The lowest BCUT2D eigenvalue weighted by molar-refractivity contribution is -0.141. The molecule has 0 aromatic heterocycles. The van der Waals surface area contributed by atoms with Crippen molar-refractivity contribution < 1.29 is 14.3 Å². The van der Waals surface area contributed by atoms with Crippen molar-refractivity contribution in [1.29, 1.82) is 0 Å². The third kappa shape index (κ3) is 4.17. The highest BCUT2D eigenvalue weighted by Crippen LogP contribution is 2.24. The Balaban J connectivity index is 2.46. The number of Topliss-reactive ketones (excluding diaryl/α,β-unsaturated/α-hetero) is 1. The van der Waals surface area contributed by atoms with Crippen molar-refractivity contribution in [3.8, 4) is 0 Å². The molecule has 1 aliphatic heterocycles. The molecule has 1 aliphatic rings. The standard InChI is InChI=1S/C13H20O3/c1-3-4-5-6-11(9-10(2)14)12-7-8-13(15)16-12/h7-8,11-12H,3-6,9H2,1-2H3/t11-,12-/m0/s1. The van der Waals surface area contributed by atoms with E-state index < -0.39 is 0 Å². The molecule has 16 heavy (non-hydrogen) atoms. The Morgan fingerprint density at radius 2 is 2.25 bits per heavy atom. The lowest BCUT2D eigenvalue weighted by atomic mass is 9.91. The van der Waals surface area contributed by atoms with Gasteiger partial charge in [-0.1, -0.05) is 26.2 Å². The monoisotopic (exact) mass is 224 g/mol. The highest BCUT2D eigenvalue weighted by atomic mass is 16.5. The maximum atomic E-state index is 11.2. The van der Waals surface area contributed by atoms with Crippen LogP contribution in [0.4, 0.5) is 0 Å². The molecule has 1 heterocycles. The summed E-state index contributed by atoms with van der Waals surface area (Å²) >= 11 is 0. The van der Waals surface area contributed by atoms with Gasteiger partial charge in [-0.3, -0.25) is 0 Å². The van der Waals surface area contributed by atoms with Gasteiger partial charge in [0.05, 0.1) is 0 Å². The van der Waals surface area contributed by atoms with Gasteiger partial charge in [-0.05, 0) is 19.4 Å². The maximum absolute atomic E-state index is 11.2. The second-order valence-electron chi connectivity index (χ2n) is 4.42. The Bertz CT molecular complexity index is 281. The van der Waals surface area contributed by atoms with Gasteiger partial charge in [-0.15, -0.1) is 0 Å². The Labute approximate surface area is 96.9 Å². The van der Waals surface area contributed by atoms with Gasteiger partial charge >= 0.3 is 5.97 Å². The fraction of sp³-hybridized carbons (Fsp3) is 0.692. The van der Waals surface area contributed by atoms with E-state index >= 15 is 0 Å². The van der Waals surface area contributed by atoms with E-state index in [1.165, 1.54) is 12.5 Å². The highest BCUT2D eigenvalue weighted by Gasteiger charge is 2.26. The van der Waals surface area contributed by atoms with Crippen molar-refractivity contribution in [2.75, 3.05) is 0 Å². The van der Waals surface area contributed by atoms with E-state index in [0.717, 1.165) is 19.3 Å². The van der Waals surface area contributed by atoms with Crippen molar-refractivity contribution in [2.24, 2.45) is 5.92 Å². The smallest absolute Gasteiger partial charge is 0.331 e. The SMILES string of the molecule is CCCCC[C@@H](CC(C)=O)[C@@H]1C=CC(=O)O1. The molecular weight excluding hydrogens is 204 g/mol. The molecule has 90 valence electrons. The van der Waals surface area contributed by atoms with Gasteiger partial charge in [0.1, 0.15) is 11.9 Å². The van der Waals surface area contributed by atoms with Crippen molar-refractivity contribution in [3.05, 3.63) is 12.2 Å². The zero-order chi connectivity index (χ0) is 12.0. The summed E-state index contributed by atoms with van der Waals surface area (Å²) in [4.78, 5) is 22.1. The van der Waals surface area contributed by atoms with Gasteiger partial charge in [0.15, 0.2) is 0 Å². The minimum Gasteiger partial charge on any atom is -0.455 e. The lowest BCUT2D eigenvalue weighted by Gasteiger charge is -2.20. The van der Waals surface area contributed by atoms with E-state index in [-0.39, 0.29) is 23.8 Å². The molecule has 0 amide bonds. The number of carbonyl (C=O) groups excluding carboxylic acids is 2. The quantitative estimate of drug-likeness (QED) is 0.493. The normalized spacial score (nSPS) is 20.9. The average molecular weight is 224 g/mol. The number of esters is 1. The van der Waals surface area contributed by atoms with Crippen LogP contribution in [0.15, 0.2) is 12.2 Å². The molecule has 0 radical (unpaired) electrons. The summed E-state index contributed by atoms with van der Waals surface area (Å²) in [6.45, 7) is 3.74. The minimum atomic E-state index is -0.283. The van der Waals surface area contributed by atoms with E-state index in [9.17, 15) is 9.59 Å². The molecule has 0 aromatic carbocycles. The van der Waals surface area contributed by atoms with E-state index in [1.54, 1.807) is 13.0 Å². The van der Waals surface area contributed by atoms with Crippen LogP contribution in [0, 0.1) is 5.92 Å². The van der Waals surface area contributed by atoms with Crippen LogP contribution in [-0.4, -0.2) is 17.9 Å². The molecule has 3 heteroatoms. The van der Waals surface area contributed by atoms with Crippen LogP contribution in [0.5, 0.6) is 0 Å². The van der Waals surface area contributed by atoms with Gasteiger partial charge in [-0.2, -0.15) is 0 Å². The number of carbonyl (C=O) groups is 2. The Hall–Kier alpha value is -1.12. The van der Waals surface area contributed by atoms with E-state index in [0.29, 0.717) is 6.42 Å². The molecule has 0 unspecified atom stereocenters. The number of hydrogen-bond acceptors (Lipinski definition) is 3. The van der Waals surface area contributed by atoms with Crippen LogP contribution in [0.1, 0.15) is 46.0 Å². The van der Waals surface area contributed by atoms with Crippen molar-refractivity contribution in [3.63, 3.8) is 0 Å². The number of rotatable bonds is 7. The molecular formula is C13H20O3. The molecule has 0 fully saturated rings. The van der Waals surface area contributed by atoms with Crippen LogP contribution >= 0.6 is 0 Å².